The van der Waals surface area contributed by atoms with E-state index in [4.69, 9.17) is 9.47 Å². The van der Waals surface area contributed by atoms with Crippen molar-refractivity contribution < 1.29 is 13.9 Å². The monoisotopic (exact) mass is 289 g/mol. The van der Waals surface area contributed by atoms with E-state index in [-0.39, 0.29) is 5.82 Å². The van der Waals surface area contributed by atoms with Gasteiger partial charge in [0.2, 0.25) is 0 Å². The third-order valence-corrected chi connectivity index (χ3v) is 3.11. The molecule has 0 aromatic heterocycles. The van der Waals surface area contributed by atoms with Gasteiger partial charge >= 0.3 is 0 Å². The van der Waals surface area contributed by atoms with E-state index < -0.39 is 0 Å². The van der Waals surface area contributed by atoms with Crippen LogP contribution in [0, 0.1) is 5.82 Å². The standard InChI is InChI=1S/C17H20FNO2/c1-3-19-11-13-7-8-17(20-2)14(9-13)12-21-16-6-4-5-15(18)10-16/h4-10,19H,3,11-12H2,1-2H3. The fourth-order valence-electron chi connectivity index (χ4n) is 2.04. The van der Waals surface area contributed by atoms with Crippen LogP contribution in [0.4, 0.5) is 4.39 Å². The third-order valence-electron chi connectivity index (χ3n) is 3.11. The molecule has 0 radical (unpaired) electrons. The zero-order chi connectivity index (χ0) is 15.1. The van der Waals surface area contributed by atoms with Gasteiger partial charge in [0.1, 0.15) is 23.9 Å². The molecule has 0 heterocycles. The molecule has 2 rings (SSSR count). The van der Waals surface area contributed by atoms with Gasteiger partial charge in [0.25, 0.3) is 0 Å². The molecule has 0 aliphatic carbocycles. The maximum atomic E-state index is 13.1. The van der Waals surface area contributed by atoms with Crippen molar-refractivity contribution in [1.29, 1.82) is 0 Å². The molecule has 0 fully saturated rings. The van der Waals surface area contributed by atoms with Crippen LogP contribution in [0.1, 0.15) is 18.1 Å². The Balaban J connectivity index is 2.09. The number of nitrogens with one attached hydrogen (secondary N) is 1. The van der Waals surface area contributed by atoms with Crippen molar-refractivity contribution in [3.63, 3.8) is 0 Å². The van der Waals surface area contributed by atoms with Gasteiger partial charge in [-0.2, -0.15) is 0 Å². The summed E-state index contributed by atoms with van der Waals surface area (Å²) >= 11 is 0. The van der Waals surface area contributed by atoms with E-state index >= 15 is 0 Å². The van der Waals surface area contributed by atoms with E-state index in [0.717, 1.165) is 30.0 Å². The Morgan fingerprint density at radius 3 is 2.71 bits per heavy atom. The maximum absolute atomic E-state index is 13.1. The molecular formula is C17H20FNO2. The smallest absolute Gasteiger partial charge is 0.126 e. The first-order valence-electron chi connectivity index (χ1n) is 6.97. The molecule has 0 spiro atoms. The molecule has 0 bridgehead atoms. The maximum Gasteiger partial charge on any atom is 0.126 e. The van der Waals surface area contributed by atoms with E-state index in [1.54, 1.807) is 19.2 Å². The van der Waals surface area contributed by atoms with Crippen molar-refractivity contribution in [2.75, 3.05) is 13.7 Å². The average Bonchev–Trinajstić information content (AvgIpc) is 2.51. The highest BCUT2D eigenvalue weighted by Crippen LogP contribution is 2.22. The Kier molecular flexibility index (Phi) is 5.58. The number of halogens is 1. The van der Waals surface area contributed by atoms with E-state index in [1.165, 1.54) is 12.1 Å². The van der Waals surface area contributed by atoms with Crippen LogP contribution in [0.25, 0.3) is 0 Å². The summed E-state index contributed by atoms with van der Waals surface area (Å²) in [4.78, 5) is 0. The first kappa shape index (κ1) is 15.3. The number of methoxy groups -OCH3 is 1. The molecule has 4 heteroatoms. The predicted molar refractivity (Wildman–Crippen MR) is 81.1 cm³/mol. The quantitative estimate of drug-likeness (QED) is 0.846. The lowest BCUT2D eigenvalue weighted by Crippen LogP contribution is -2.12. The molecule has 0 aliphatic rings. The summed E-state index contributed by atoms with van der Waals surface area (Å²) in [6.07, 6.45) is 0. The average molecular weight is 289 g/mol. The number of benzene rings is 2. The van der Waals surface area contributed by atoms with Crippen molar-refractivity contribution in [2.24, 2.45) is 0 Å². The van der Waals surface area contributed by atoms with Gasteiger partial charge in [-0.3, -0.25) is 0 Å². The van der Waals surface area contributed by atoms with Crippen molar-refractivity contribution in [2.45, 2.75) is 20.1 Å². The summed E-state index contributed by atoms with van der Waals surface area (Å²) in [5.74, 6) is 0.973. The minimum atomic E-state index is -0.305. The molecule has 112 valence electrons. The van der Waals surface area contributed by atoms with Gasteiger partial charge in [-0.25, -0.2) is 4.39 Å². The highest BCUT2D eigenvalue weighted by Gasteiger charge is 2.06. The fourth-order valence-corrected chi connectivity index (χ4v) is 2.04. The zero-order valence-corrected chi connectivity index (χ0v) is 12.4. The molecule has 2 aromatic rings. The lowest BCUT2D eigenvalue weighted by Gasteiger charge is -2.12. The van der Waals surface area contributed by atoms with Crippen molar-refractivity contribution >= 4 is 0 Å². The summed E-state index contributed by atoms with van der Waals surface area (Å²) in [5, 5.41) is 3.28. The number of rotatable bonds is 7. The highest BCUT2D eigenvalue weighted by molar-refractivity contribution is 5.37. The second kappa shape index (κ2) is 7.64. The Labute approximate surface area is 124 Å². The molecule has 2 aromatic carbocycles. The molecule has 0 saturated heterocycles. The van der Waals surface area contributed by atoms with Crippen LogP contribution < -0.4 is 14.8 Å². The van der Waals surface area contributed by atoms with E-state index in [1.807, 2.05) is 18.2 Å². The Bertz CT molecular complexity index is 587. The number of hydrogen-bond donors (Lipinski definition) is 1. The molecular weight excluding hydrogens is 269 g/mol. The second-order valence-electron chi connectivity index (χ2n) is 4.67. The number of hydrogen-bond acceptors (Lipinski definition) is 3. The molecule has 3 nitrogen and oxygen atoms in total. The van der Waals surface area contributed by atoms with Gasteiger partial charge in [0, 0.05) is 18.2 Å². The van der Waals surface area contributed by atoms with E-state index in [2.05, 4.69) is 12.2 Å². The SMILES string of the molecule is CCNCc1ccc(OC)c(COc2cccc(F)c2)c1. The topological polar surface area (TPSA) is 30.5 Å². The van der Waals surface area contributed by atoms with E-state index in [9.17, 15) is 4.39 Å². The van der Waals surface area contributed by atoms with Crippen LogP contribution >= 0.6 is 0 Å². The highest BCUT2D eigenvalue weighted by atomic mass is 19.1. The van der Waals surface area contributed by atoms with Crippen molar-refractivity contribution in [3.05, 3.63) is 59.4 Å². The van der Waals surface area contributed by atoms with Crippen molar-refractivity contribution in [3.8, 4) is 11.5 Å². The summed E-state index contributed by atoms with van der Waals surface area (Å²) in [6.45, 7) is 4.12. The third kappa shape index (κ3) is 4.46. The summed E-state index contributed by atoms with van der Waals surface area (Å²) in [5.41, 5.74) is 2.10. The number of ether oxygens (including phenoxy) is 2. The van der Waals surface area contributed by atoms with Crippen LogP contribution in [-0.2, 0) is 13.2 Å². The van der Waals surface area contributed by atoms with Crippen LogP contribution in [0.15, 0.2) is 42.5 Å². The minimum absolute atomic E-state index is 0.305. The van der Waals surface area contributed by atoms with Crippen LogP contribution in [-0.4, -0.2) is 13.7 Å². The molecule has 0 amide bonds. The normalized spacial score (nSPS) is 10.4. The molecule has 0 aliphatic heterocycles. The van der Waals surface area contributed by atoms with Crippen LogP contribution in [0.2, 0.25) is 0 Å². The van der Waals surface area contributed by atoms with Crippen LogP contribution in [0.3, 0.4) is 0 Å². The lowest BCUT2D eigenvalue weighted by atomic mass is 10.1. The van der Waals surface area contributed by atoms with E-state index in [0.29, 0.717) is 12.4 Å². The zero-order valence-electron chi connectivity index (χ0n) is 12.4. The van der Waals surface area contributed by atoms with Crippen molar-refractivity contribution in [1.82, 2.24) is 5.32 Å². The summed E-state index contributed by atoms with van der Waals surface area (Å²) < 4.78 is 24.1. The second-order valence-corrected chi connectivity index (χ2v) is 4.67. The molecule has 0 atom stereocenters. The van der Waals surface area contributed by atoms with Gasteiger partial charge in [-0.15, -0.1) is 0 Å². The van der Waals surface area contributed by atoms with Gasteiger partial charge < -0.3 is 14.8 Å². The first-order chi connectivity index (χ1) is 10.2. The van der Waals surface area contributed by atoms with Gasteiger partial charge in [0.05, 0.1) is 7.11 Å². The largest absolute Gasteiger partial charge is 0.496 e. The molecule has 0 unspecified atom stereocenters. The lowest BCUT2D eigenvalue weighted by molar-refractivity contribution is 0.295. The van der Waals surface area contributed by atoms with Gasteiger partial charge in [-0.1, -0.05) is 19.1 Å². The Morgan fingerprint density at radius 1 is 1.14 bits per heavy atom. The molecule has 21 heavy (non-hydrogen) atoms. The Morgan fingerprint density at radius 2 is 2.00 bits per heavy atom. The summed E-state index contributed by atoms with van der Waals surface area (Å²) in [7, 11) is 1.63. The fraction of sp³-hybridized carbons (Fsp3) is 0.294. The predicted octanol–water partition coefficient (Wildman–Crippen LogP) is 3.52. The molecule has 0 saturated carbocycles. The van der Waals surface area contributed by atoms with Gasteiger partial charge in [0.15, 0.2) is 0 Å². The Hall–Kier alpha value is -2.07. The van der Waals surface area contributed by atoms with Crippen LogP contribution in [0.5, 0.6) is 11.5 Å². The minimum Gasteiger partial charge on any atom is -0.496 e. The summed E-state index contributed by atoms with van der Waals surface area (Å²) in [6, 6.07) is 12.1. The van der Waals surface area contributed by atoms with Gasteiger partial charge in [-0.05, 0) is 36.4 Å². The molecule has 1 N–H and O–H groups in total. The first-order valence-corrected chi connectivity index (χ1v) is 6.97.